The smallest absolute Gasteiger partial charge is 0.139 e. The van der Waals surface area contributed by atoms with Crippen molar-refractivity contribution in [2.75, 3.05) is 0 Å². The predicted molar refractivity (Wildman–Crippen MR) is 32.9 cm³/mol. The summed E-state index contributed by atoms with van der Waals surface area (Å²) in [4.78, 5) is 0. The zero-order valence-corrected chi connectivity index (χ0v) is 12.4. The molecule has 3 nitrogen and oxygen atoms in total. The molecule has 0 aliphatic carbocycles. The first-order chi connectivity index (χ1) is 3.81. The normalized spacial score (nSPS) is 11.5. The average Bonchev–Trinajstić information content (AvgIpc) is 1.64. The van der Waals surface area contributed by atoms with E-state index >= 15 is 0 Å². The number of hydrogen-bond donors (Lipinski definition) is 3. The number of rotatable bonds is 2. The summed E-state index contributed by atoms with van der Waals surface area (Å²) in [5.74, 6) is -1.86. The number of hydrogen-bond acceptors (Lipinski definition) is 3. The molecule has 66 valence electrons. The van der Waals surface area contributed by atoms with Gasteiger partial charge in [0, 0.05) is 53.1 Å². The molecule has 0 fully saturated rings. The largest absolute Gasteiger partial charge is 0.565 e. The third-order valence-electron chi connectivity index (χ3n) is 1.54. The van der Waals surface area contributed by atoms with E-state index in [1.807, 2.05) is 0 Å². The maximum Gasteiger partial charge on any atom is 0.139 e. The molecular weight excluding hydrogens is 395 g/mol. The predicted octanol–water partition coefficient (Wildman–Crippen LogP) is 0.243. The zero-order chi connectivity index (χ0) is 7.71. The SMILES string of the molecule is CC(O)(O)C(C)(C)[CH-]O.[Re].[Y]. The van der Waals surface area contributed by atoms with E-state index in [1.165, 1.54) is 20.8 Å². The van der Waals surface area contributed by atoms with E-state index in [4.69, 9.17) is 15.3 Å². The second-order valence-electron chi connectivity index (χ2n) is 2.87. The van der Waals surface area contributed by atoms with Gasteiger partial charge in [-0.2, -0.15) is 0 Å². The first kappa shape index (κ1) is 18.4. The van der Waals surface area contributed by atoms with E-state index in [1.54, 1.807) is 0 Å². The van der Waals surface area contributed by atoms with Crippen molar-refractivity contribution in [3.8, 4) is 0 Å². The molecule has 0 aromatic rings. The van der Waals surface area contributed by atoms with Crippen LogP contribution in [0, 0.1) is 12.0 Å². The van der Waals surface area contributed by atoms with Crippen LogP contribution in [0.25, 0.3) is 0 Å². The molecule has 5 heteroatoms. The van der Waals surface area contributed by atoms with Crippen LogP contribution in [0.3, 0.4) is 0 Å². The third-order valence-corrected chi connectivity index (χ3v) is 1.54. The van der Waals surface area contributed by atoms with E-state index in [0.717, 1.165) is 6.61 Å². The summed E-state index contributed by atoms with van der Waals surface area (Å²) in [5, 5.41) is 26.3. The molecule has 0 atom stereocenters. The molecule has 0 spiro atoms. The Balaban J connectivity index is -0.000000320. The summed E-state index contributed by atoms with van der Waals surface area (Å²) in [6.07, 6.45) is 0. The van der Waals surface area contributed by atoms with Crippen molar-refractivity contribution in [3.05, 3.63) is 6.61 Å². The molecule has 3 N–H and O–H groups in total. The van der Waals surface area contributed by atoms with Crippen molar-refractivity contribution < 1.29 is 68.5 Å². The Hall–Kier alpha value is 1.65. The maximum absolute atomic E-state index is 8.91. The summed E-state index contributed by atoms with van der Waals surface area (Å²) in [5.41, 5.74) is -0.979. The molecule has 0 rings (SSSR count). The van der Waals surface area contributed by atoms with Gasteiger partial charge in [0.1, 0.15) is 5.79 Å². The van der Waals surface area contributed by atoms with Crippen LogP contribution in [0.5, 0.6) is 0 Å². The molecule has 0 bridgehead atoms. The van der Waals surface area contributed by atoms with Crippen molar-refractivity contribution in [1.82, 2.24) is 0 Å². The Labute approximate surface area is 106 Å². The number of aliphatic hydroxyl groups excluding tert-OH is 1. The molecule has 2 radical (unpaired) electrons. The molecule has 0 saturated heterocycles. The summed E-state index contributed by atoms with van der Waals surface area (Å²) >= 11 is 0. The van der Waals surface area contributed by atoms with Crippen LogP contribution in [-0.4, -0.2) is 21.1 Å². The van der Waals surface area contributed by atoms with Gasteiger partial charge in [-0.1, -0.05) is 19.3 Å². The van der Waals surface area contributed by atoms with Gasteiger partial charge < -0.3 is 15.3 Å². The quantitative estimate of drug-likeness (QED) is 0.454. The Bertz CT molecular complexity index is 100. The first-order valence-corrected chi connectivity index (χ1v) is 2.74. The second-order valence-corrected chi connectivity index (χ2v) is 2.87. The summed E-state index contributed by atoms with van der Waals surface area (Å²) < 4.78 is 0. The van der Waals surface area contributed by atoms with Gasteiger partial charge in [-0.25, -0.2) is 6.61 Å². The molecule has 0 heterocycles. The molecule has 0 aromatic heterocycles. The fraction of sp³-hybridized carbons (Fsp3) is 0.833. The van der Waals surface area contributed by atoms with E-state index in [2.05, 4.69) is 0 Å². The van der Waals surface area contributed by atoms with Gasteiger partial charge in [0.05, 0.1) is 0 Å². The maximum atomic E-state index is 8.91. The monoisotopic (exact) mass is 409 g/mol. The Kier molecular flexibility index (Phi) is 10.3. The Morgan fingerprint density at radius 3 is 1.36 bits per heavy atom. The van der Waals surface area contributed by atoms with Crippen LogP contribution in [0.4, 0.5) is 0 Å². The van der Waals surface area contributed by atoms with Crippen molar-refractivity contribution in [3.63, 3.8) is 0 Å². The summed E-state index contributed by atoms with van der Waals surface area (Å²) in [6, 6.07) is 0. The van der Waals surface area contributed by atoms with Crippen LogP contribution < -0.4 is 0 Å². The van der Waals surface area contributed by atoms with E-state index < -0.39 is 11.2 Å². The minimum Gasteiger partial charge on any atom is -0.565 e. The van der Waals surface area contributed by atoms with Gasteiger partial charge >= 0.3 is 0 Å². The van der Waals surface area contributed by atoms with E-state index in [-0.39, 0.29) is 53.1 Å². The molecule has 0 aromatic carbocycles. The van der Waals surface area contributed by atoms with Crippen molar-refractivity contribution in [2.45, 2.75) is 26.6 Å². The van der Waals surface area contributed by atoms with Crippen LogP contribution in [-0.2, 0) is 53.1 Å². The van der Waals surface area contributed by atoms with Crippen LogP contribution >= 0.6 is 0 Å². The first-order valence-electron chi connectivity index (χ1n) is 2.74. The third kappa shape index (κ3) is 5.82. The molecule has 0 amide bonds. The topological polar surface area (TPSA) is 60.7 Å². The average molecular weight is 408 g/mol. The molecule has 0 aliphatic rings. The van der Waals surface area contributed by atoms with E-state index in [9.17, 15) is 0 Å². The standard InChI is InChI=1S/C6H13O3.Re.Y/c1-5(2,4-7)6(3,8)9;;/h4,7-9H,1-3H3;;/q-1;;. The van der Waals surface area contributed by atoms with E-state index in [0.29, 0.717) is 0 Å². The van der Waals surface area contributed by atoms with Crippen LogP contribution in [0.2, 0.25) is 0 Å². The minimum atomic E-state index is -1.86. The molecule has 0 saturated carbocycles. The van der Waals surface area contributed by atoms with Gasteiger partial charge in [-0.15, -0.1) is 0 Å². The van der Waals surface area contributed by atoms with Gasteiger partial charge in [-0.3, -0.25) is 0 Å². The molecule has 0 unspecified atom stereocenters. The fourth-order valence-electron chi connectivity index (χ4n) is 0.122. The van der Waals surface area contributed by atoms with Crippen LogP contribution in [0.15, 0.2) is 0 Å². The summed E-state index contributed by atoms with van der Waals surface area (Å²) in [7, 11) is 0. The van der Waals surface area contributed by atoms with Crippen molar-refractivity contribution >= 4 is 0 Å². The van der Waals surface area contributed by atoms with Gasteiger partial charge in [0.2, 0.25) is 0 Å². The van der Waals surface area contributed by atoms with Crippen LogP contribution in [0.1, 0.15) is 20.8 Å². The molecule has 0 aliphatic heterocycles. The Morgan fingerprint density at radius 1 is 1.09 bits per heavy atom. The van der Waals surface area contributed by atoms with Gasteiger partial charge in [-0.05, 0) is 6.92 Å². The fourth-order valence-corrected chi connectivity index (χ4v) is 0.122. The Morgan fingerprint density at radius 2 is 1.36 bits per heavy atom. The summed E-state index contributed by atoms with van der Waals surface area (Å²) in [6.45, 7) is 5.03. The van der Waals surface area contributed by atoms with Crippen molar-refractivity contribution in [2.24, 2.45) is 5.41 Å². The van der Waals surface area contributed by atoms with Crippen molar-refractivity contribution in [1.29, 1.82) is 0 Å². The van der Waals surface area contributed by atoms with Gasteiger partial charge in [0.25, 0.3) is 0 Å². The minimum absolute atomic E-state index is 0. The zero-order valence-electron chi connectivity index (χ0n) is 6.87. The molecular formula is C6H13O3ReY-. The van der Waals surface area contributed by atoms with Gasteiger partial charge in [0.15, 0.2) is 0 Å². The second kappa shape index (κ2) is 6.15. The molecule has 11 heavy (non-hydrogen) atoms. The number of aliphatic hydroxyl groups is 3.